The van der Waals surface area contributed by atoms with Crippen LogP contribution in [0.5, 0.6) is 5.75 Å². The second-order valence-corrected chi connectivity index (χ2v) is 7.45. The van der Waals surface area contributed by atoms with Gasteiger partial charge >= 0.3 is 0 Å². The van der Waals surface area contributed by atoms with Crippen LogP contribution < -0.4 is 4.74 Å². The highest BCUT2D eigenvalue weighted by Crippen LogP contribution is 2.25. The molecule has 0 spiro atoms. The standard InChI is InChI=1S/C21H17ClN4O2S/c1-2-27-17-9-5-15(6-10-17)21-23-19(28-26-21)13-29-20-12-11-18(24-25-20)14-3-7-16(22)8-4-14/h3-12H,2,13H2,1H3. The second-order valence-electron chi connectivity index (χ2n) is 6.02. The van der Waals surface area contributed by atoms with Gasteiger partial charge in [0.2, 0.25) is 11.7 Å². The smallest absolute Gasteiger partial charge is 0.237 e. The van der Waals surface area contributed by atoms with Gasteiger partial charge in [-0.1, -0.05) is 40.7 Å². The Morgan fingerprint density at radius 3 is 2.38 bits per heavy atom. The summed E-state index contributed by atoms with van der Waals surface area (Å²) < 4.78 is 10.8. The lowest BCUT2D eigenvalue weighted by Gasteiger charge is -2.02. The molecule has 0 radical (unpaired) electrons. The molecule has 0 amide bonds. The van der Waals surface area contributed by atoms with Crippen LogP contribution in [0.2, 0.25) is 5.02 Å². The summed E-state index contributed by atoms with van der Waals surface area (Å²) in [5.41, 5.74) is 2.64. The lowest BCUT2D eigenvalue weighted by molar-refractivity contribution is 0.340. The van der Waals surface area contributed by atoms with Gasteiger partial charge in [-0.2, -0.15) is 4.98 Å². The van der Waals surface area contributed by atoms with E-state index < -0.39 is 0 Å². The van der Waals surface area contributed by atoms with Crippen molar-refractivity contribution in [3.63, 3.8) is 0 Å². The fourth-order valence-electron chi connectivity index (χ4n) is 2.60. The number of hydrogen-bond donors (Lipinski definition) is 0. The molecule has 0 fully saturated rings. The molecule has 0 atom stereocenters. The zero-order valence-electron chi connectivity index (χ0n) is 15.6. The van der Waals surface area contributed by atoms with Crippen molar-refractivity contribution < 1.29 is 9.26 Å². The average Bonchev–Trinajstić information content (AvgIpc) is 3.23. The van der Waals surface area contributed by atoms with Crippen molar-refractivity contribution in [1.29, 1.82) is 0 Å². The molecule has 0 aliphatic rings. The number of rotatable bonds is 7. The summed E-state index contributed by atoms with van der Waals surface area (Å²) in [6.45, 7) is 2.58. The van der Waals surface area contributed by atoms with E-state index in [1.807, 2.05) is 67.6 Å². The fraction of sp³-hybridized carbons (Fsp3) is 0.143. The molecule has 2 aromatic carbocycles. The first-order valence-corrected chi connectivity index (χ1v) is 10.4. The second kappa shape index (κ2) is 9.07. The summed E-state index contributed by atoms with van der Waals surface area (Å²) in [5, 5.41) is 14.1. The maximum Gasteiger partial charge on any atom is 0.237 e. The van der Waals surface area contributed by atoms with Gasteiger partial charge in [0.1, 0.15) is 10.8 Å². The molecule has 0 saturated heterocycles. The molecule has 8 heteroatoms. The third kappa shape index (κ3) is 4.93. The van der Waals surface area contributed by atoms with Crippen LogP contribution in [0, 0.1) is 0 Å². The molecular weight excluding hydrogens is 408 g/mol. The molecular formula is C21H17ClN4O2S. The van der Waals surface area contributed by atoms with Gasteiger partial charge in [0.05, 0.1) is 18.1 Å². The first-order valence-electron chi connectivity index (χ1n) is 8.99. The van der Waals surface area contributed by atoms with E-state index >= 15 is 0 Å². The van der Waals surface area contributed by atoms with Gasteiger partial charge in [-0.25, -0.2) is 0 Å². The number of hydrogen-bond acceptors (Lipinski definition) is 7. The minimum atomic E-state index is 0.513. The first-order chi connectivity index (χ1) is 14.2. The Bertz CT molecular complexity index is 1070. The van der Waals surface area contributed by atoms with Crippen molar-refractivity contribution in [2.75, 3.05) is 6.61 Å². The van der Waals surface area contributed by atoms with Crippen molar-refractivity contribution in [2.45, 2.75) is 17.7 Å². The molecule has 146 valence electrons. The van der Waals surface area contributed by atoms with Gasteiger partial charge in [-0.05, 0) is 55.5 Å². The number of halogens is 1. The van der Waals surface area contributed by atoms with Crippen LogP contribution in [0.1, 0.15) is 12.8 Å². The third-order valence-electron chi connectivity index (χ3n) is 4.02. The van der Waals surface area contributed by atoms with E-state index in [-0.39, 0.29) is 0 Å². The molecule has 29 heavy (non-hydrogen) atoms. The van der Waals surface area contributed by atoms with Crippen LogP contribution in [-0.4, -0.2) is 26.9 Å². The zero-order valence-corrected chi connectivity index (χ0v) is 17.2. The van der Waals surface area contributed by atoms with Gasteiger partial charge < -0.3 is 9.26 Å². The number of aromatic nitrogens is 4. The average molecular weight is 425 g/mol. The predicted octanol–water partition coefficient (Wildman–Crippen LogP) is 5.54. The van der Waals surface area contributed by atoms with E-state index in [9.17, 15) is 0 Å². The van der Waals surface area contributed by atoms with E-state index in [1.165, 1.54) is 11.8 Å². The van der Waals surface area contributed by atoms with Crippen LogP contribution in [-0.2, 0) is 5.75 Å². The van der Waals surface area contributed by atoms with Crippen LogP contribution in [0.4, 0.5) is 0 Å². The van der Waals surface area contributed by atoms with Crippen molar-refractivity contribution >= 4 is 23.4 Å². The zero-order chi connectivity index (χ0) is 20.1. The molecule has 4 rings (SSSR count). The van der Waals surface area contributed by atoms with E-state index in [1.54, 1.807) is 0 Å². The van der Waals surface area contributed by atoms with Gasteiger partial charge in [0.15, 0.2) is 0 Å². The number of nitrogens with zero attached hydrogens (tertiary/aromatic N) is 4. The summed E-state index contributed by atoms with van der Waals surface area (Å²) in [6.07, 6.45) is 0. The van der Waals surface area contributed by atoms with Crippen molar-refractivity contribution in [1.82, 2.24) is 20.3 Å². The first kappa shape index (κ1) is 19.4. The summed E-state index contributed by atoms with van der Waals surface area (Å²) in [4.78, 5) is 4.44. The number of thioether (sulfide) groups is 1. The Kier molecular flexibility index (Phi) is 6.07. The Labute approximate surface area is 177 Å². The van der Waals surface area contributed by atoms with E-state index in [4.69, 9.17) is 20.9 Å². The van der Waals surface area contributed by atoms with Gasteiger partial charge in [0.25, 0.3) is 0 Å². The molecule has 2 heterocycles. The lowest BCUT2D eigenvalue weighted by atomic mass is 10.1. The van der Waals surface area contributed by atoms with Gasteiger partial charge in [-0.15, -0.1) is 10.2 Å². The SMILES string of the molecule is CCOc1ccc(-c2noc(CSc3ccc(-c4ccc(Cl)cc4)nn3)n2)cc1. The van der Waals surface area contributed by atoms with Crippen LogP contribution in [0.15, 0.2) is 70.2 Å². The molecule has 4 aromatic rings. The summed E-state index contributed by atoms with van der Waals surface area (Å²) in [6, 6.07) is 18.9. The number of ether oxygens (including phenoxy) is 1. The van der Waals surface area contributed by atoms with Crippen molar-refractivity contribution in [3.05, 3.63) is 71.6 Å². The molecule has 0 bridgehead atoms. The normalized spacial score (nSPS) is 10.8. The molecule has 0 saturated carbocycles. The predicted molar refractivity (Wildman–Crippen MR) is 113 cm³/mol. The molecule has 0 unspecified atom stereocenters. The Morgan fingerprint density at radius 1 is 0.931 bits per heavy atom. The van der Waals surface area contributed by atoms with Crippen LogP contribution >= 0.6 is 23.4 Å². The largest absolute Gasteiger partial charge is 0.494 e. The highest BCUT2D eigenvalue weighted by molar-refractivity contribution is 7.98. The molecule has 0 N–H and O–H groups in total. The van der Waals surface area contributed by atoms with E-state index in [0.29, 0.717) is 29.1 Å². The Hall–Kier alpha value is -2.90. The Balaban J connectivity index is 1.37. The monoisotopic (exact) mass is 424 g/mol. The fourth-order valence-corrected chi connectivity index (χ4v) is 3.38. The quantitative estimate of drug-likeness (QED) is 0.360. The maximum atomic E-state index is 5.92. The van der Waals surface area contributed by atoms with Crippen molar-refractivity contribution in [2.24, 2.45) is 0 Å². The van der Waals surface area contributed by atoms with E-state index in [2.05, 4.69) is 20.3 Å². The van der Waals surface area contributed by atoms with Crippen LogP contribution in [0.25, 0.3) is 22.6 Å². The summed E-state index contributed by atoms with van der Waals surface area (Å²) >= 11 is 7.41. The Morgan fingerprint density at radius 2 is 1.69 bits per heavy atom. The molecule has 0 aliphatic heterocycles. The van der Waals surface area contributed by atoms with Gasteiger partial charge in [-0.3, -0.25) is 0 Å². The van der Waals surface area contributed by atoms with E-state index in [0.717, 1.165) is 27.6 Å². The lowest BCUT2D eigenvalue weighted by Crippen LogP contribution is -1.91. The van der Waals surface area contributed by atoms with Gasteiger partial charge in [0, 0.05) is 16.1 Å². The summed E-state index contributed by atoms with van der Waals surface area (Å²) in [7, 11) is 0. The maximum absolute atomic E-state index is 5.92. The van der Waals surface area contributed by atoms with Crippen molar-refractivity contribution in [3.8, 4) is 28.4 Å². The molecule has 0 aliphatic carbocycles. The minimum Gasteiger partial charge on any atom is -0.494 e. The molecule has 2 aromatic heterocycles. The molecule has 6 nitrogen and oxygen atoms in total. The van der Waals surface area contributed by atoms with Crippen LogP contribution in [0.3, 0.4) is 0 Å². The third-order valence-corrected chi connectivity index (χ3v) is 5.17. The number of benzene rings is 2. The highest BCUT2D eigenvalue weighted by Gasteiger charge is 2.10. The minimum absolute atomic E-state index is 0.513. The highest BCUT2D eigenvalue weighted by atomic mass is 35.5. The topological polar surface area (TPSA) is 73.9 Å². The summed E-state index contributed by atoms with van der Waals surface area (Å²) in [5.74, 6) is 2.41.